The van der Waals surface area contributed by atoms with E-state index in [0.717, 1.165) is 14.5 Å². The average Bonchev–Trinajstić information content (AvgIpc) is 3.46. The van der Waals surface area contributed by atoms with Crippen molar-refractivity contribution in [3.63, 3.8) is 0 Å². The SMILES string of the molecule is O=C1C(=O)N(c2nnc(SCc3ccccc3Cl)s2)C(c2cccc(Br)c2)/C1=C(/O)c1ccc(Br)cc1. The van der Waals surface area contributed by atoms with Crippen LogP contribution < -0.4 is 4.90 Å². The molecule has 4 aromatic rings. The quantitative estimate of drug-likeness (QED) is 0.0743. The van der Waals surface area contributed by atoms with E-state index in [0.29, 0.717) is 26.2 Å². The van der Waals surface area contributed by atoms with E-state index in [2.05, 4.69) is 42.1 Å². The minimum Gasteiger partial charge on any atom is -0.507 e. The number of halogens is 3. The smallest absolute Gasteiger partial charge is 0.301 e. The van der Waals surface area contributed by atoms with E-state index in [9.17, 15) is 14.7 Å². The topological polar surface area (TPSA) is 83.4 Å². The number of aliphatic hydroxyl groups is 1. The molecular formula is C26H16Br2ClN3O3S2. The number of nitrogens with zero attached hydrogens (tertiary/aromatic N) is 3. The summed E-state index contributed by atoms with van der Waals surface area (Å²) in [5, 5.41) is 20.6. The molecule has 1 N–H and O–H groups in total. The predicted molar refractivity (Wildman–Crippen MR) is 154 cm³/mol. The molecular weight excluding hydrogens is 662 g/mol. The van der Waals surface area contributed by atoms with Crippen molar-refractivity contribution in [2.24, 2.45) is 0 Å². The molecule has 11 heteroatoms. The molecule has 0 aliphatic carbocycles. The monoisotopic (exact) mass is 675 g/mol. The number of carbonyl (C=O) groups excluding carboxylic acids is 2. The molecule has 1 aromatic heterocycles. The van der Waals surface area contributed by atoms with Gasteiger partial charge in [-0.05, 0) is 41.5 Å². The highest BCUT2D eigenvalue weighted by Crippen LogP contribution is 2.44. The average molecular weight is 678 g/mol. The Morgan fingerprint density at radius 1 is 1.00 bits per heavy atom. The molecule has 0 saturated carbocycles. The van der Waals surface area contributed by atoms with Gasteiger partial charge in [-0.2, -0.15) is 0 Å². The van der Waals surface area contributed by atoms with E-state index in [1.807, 2.05) is 42.5 Å². The summed E-state index contributed by atoms with van der Waals surface area (Å²) in [6, 6.07) is 20.8. The van der Waals surface area contributed by atoms with Gasteiger partial charge in [0.05, 0.1) is 11.6 Å². The van der Waals surface area contributed by atoms with Crippen molar-refractivity contribution in [3.8, 4) is 0 Å². The van der Waals surface area contributed by atoms with Gasteiger partial charge in [-0.25, -0.2) is 0 Å². The fourth-order valence-corrected chi connectivity index (χ4v) is 6.73. The minimum absolute atomic E-state index is 0.00843. The molecule has 6 nitrogen and oxygen atoms in total. The molecule has 1 atom stereocenters. The van der Waals surface area contributed by atoms with Gasteiger partial charge in [0.15, 0.2) is 4.34 Å². The predicted octanol–water partition coefficient (Wildman–Crippen LogP) is 7.64. The Bertz CT molecular complexity index is 1540. The molecule has 1 saturated heterocycles. The Morgan fingerprint density at radius 2 is 1.76 bits per heavy atom. The number of benzene rings is 3. The third kappa shape index (κ3) is 5.39. The fourth-order valence-electron chi connectivity index (χ4n) is 3.90. The van der Waals surface area contributed by atoms with Gasteiger partial charge in [-0.1, -0.05) is 109 Å². The van der Waals surface area contributed by atoms with Gasteiger partial charge in [-0.15, -0.1) is 10.2 Å². The lowest BCUT2D eigenvalue weighted by Crippen LogP contribution is -2.29. The Hall–Kier alpha value is -2.50. The van der Waals surface area contributed by atoms with Crippen LogP contribution in [0, 0.1) is 0 Å². The molecule has 3 aromatic carbocycles. The van der Waals surface area contributed by atoms with Crippen LogP contribution in [-0.4, -0.2) is 27.0 Å². The van der Waals surface area contributed by atoms with Crippen LogP contribution in [0.1, 0.15) is 22.7 Å². The van der Waals surface area contributed by atoms with Crippen LogP contribution in [0.15, 0.2) is 91.7 Å². The van der Waals surface area contributed by atoms with Crippen LogP contribution in [0.5, 0.6) is 0 Å². The van der Waals surface area contributed by atoms with Crippen molar-refractivity contribution in [3.05, 3.63) is 109 Å². The van der Waals surface area contributed by atoms with Crippen molar-refractivity contribution < 1.29 is 14.7 Å². The largest absolute Gasteiger partial charge is 0.507 e. The zero-order chi connectivity index (χ0) is 26.1. The minimum atomic E-state index is -0.879. The Labute approximate surface area is 242 Å². The molecule has 2 heterocycles. The normalized spacial score (nSPS) is 16.9. The van der Waals surface area contributed by atoms with E-state index in [1.54, 1.807) is 30.3 Å². The highest BCUT2D eigenvalue weighted by atomic mass is 79.9. The summed E-state index contributed by atoms with van der Waals surface area (Å²) in [7, 11) is 0. The number of hydrogen-bond donors (Lipinski definition) is 1. The highest BCUT2D eigenvalue weighted by Gasteiger charge is 2.48. The molecule has 1 unspecified atom stereocenters. The first-order valence-corrected chi connectivity index (χ1v) is 14.6. The third-order valence-electron chi connectivity index (χ3n) is 5.64. The number of aliphatic hydroxyl groups excluding tert-OH is 1. The molecule has 5 rings (SSSR count). The second kappa shape index (κ2) is 11.1. The molecule has 0 radical (unpaired) electrons. The van der Waals surface area contributed by atoms with Gasteiger partial charge >= 0.3 is 5.91 Å². The van der Waals surface area contributed by atoms with Gasteiger partial charge in [0.25, 0.3) is 5.78 Å². The maximum Gasteiger partial charge on any atom is 0.301 e. The summed E-state index contributed by atoms with van der Waals surface area (Å²) in [4.78, 5) is 27.9. The van der Waals surface area contributed by atoms with E-state index in [-0.39, 0.29) is 16.5 Å². The number of rotatable bonds is 6. The van der Waals surface area contributed by atoms with E-state index >= 15 is 0 Å². The fraction of sp³-hybridized carbons (Fsp3) is 0.0769. The molecule has 0 bridgehead atoms. The summed E-state index contributed by atoms with van der Waals surface area (Å²) in [5.74, 6) is -1.24. The van der Waals surface area contributed by atoms with Gasteiger partial charge in [0, 0.05) is 25.3 Å². The van der Waals surface area contributed by atoms with Crippen molar-refractivity contribution in [1.29, 1.82) is 0 Å². The number of Topliss-reactive ketones (excluding diaryl/α,β-unsaturated/α-hetero) is 1. The molecule has 1 aliphatic rings. The number of carbonyl (C=O) groups is 2. The lowest BCUT2D eigenvalue weighted by Gasteiger charge is -2.22. The van der Waals surface area contributed by atoms with Gasteiger partial charge in [-0.3, -0.25) is 14.5 Å². The van der Waals surface area contributed by atoms with E-state index in [4.69, 9.17) is 11.6 Å². The Balaban J connectivity index is 1.55. The van der Waals surface area contributed by atoms with E-state index in [1.165, 1.54) is 28.0 Å². The first-order chi connectivity index (χ1) is 17.8. The standard InChI is InChI=1S/C26H16Br2ClN3O3S2/c27-17-10-8-14(9-11-17)22(33)20-21(15-5-3-6-18(28)12-15)32(24(35)23(20)34)25-30-31-26(37-25)36-13-16-4-1-2-7-19(16)29/h1-12,21,33H,13H2/b22-20-. The Morgan fingerprint density at radius 3 is 2.49 bits per heavy atom. The van der Waals surface area contributed by atoms with Crippen LogP contribution in [-0.2, 0) is 15.3 Å². The van der Waals surface area contributed by atoms with Gasteiger partial charge < -0.3 is 5.11 Å². The first-order valence-electron chi connectivity index (χ1n) is 10.9. The molecule has 1 fully saturated rings. The second-order valence-electron chi connectivity index (χ2n) is 7.96. The van der Waals surface area contributed by atoms with Gasteiger partial charge in [0.2, 0.25) is 5.13 Å². The summed E-state index contributed by atoms with van der Waals surface area (Å²) in [6.07, 6.45) is 0. The zero-order valence-electron chi connectivity index (χ0n) is 18.8. The van der Waals surface area contributed by atoms with Crippen LogP contribution in [0.25, 0.3) is 5.76 Å². The number of ketones is 1. The lowest BCUT2D eigenvalue weighted by atomic mass is 9.95. The van der Waals surface area contributed by atoms with Crippen LogP contribution in [0.3, 0.4) is 0 Å². The Kier molecular flexibility index (Phi) is 7.83. The number of hydrogen-bond acceptors (Lipinski definition) is 7. The summed E-state index contributed by atoms with van der Waals surface area (Å²) >= 11 is 15.8. The van der Waals surface area contributed by atoms with E-state index < -0.39 is 17.7 Å². The van der Waals surface area contributed by atoms with Crippen molar-refractivity contribution in [2.75, 3.05) is 4.90 Å². The van der Waals surface area contributed by atoms with Crippen molar-refractivity contribution >= 4 is 89.1 Å². The zero-order valence-corrected chi connectivity index (χ0v) is 24.3. The van der Waals surface area contributed by atoms with Crippen LogP contribution >= 0.6 is 66.6 Å². The second-order valence-corrected chi connectivity index (χ2v) is 12.4. The maximum atomic E-state index is 13.3. The summed E-state index contributed by atoms with van der Waals surface area (Å²) in [6.45, 7) is 0. The van der Waals surface area contributed by atoms with Crippen LogP contribution in [0.2, 0.25) is 5.02 Å². The third-order valence-corrected chi connectivity index (χ3v) is 9.13. The highest BCUT2D eigenvalue weighted by molar-refractivity contribution is 9.10. The number of thioether (sulfide) groups is 1. The molecule has 186 valence electrons. The summed E-state index contributed by atoms with van der Waals surface area (Å²) in [5.41, 5.74) is 2.02. The van der Waals surface area contributed by atoms with Crippen molar-refractivity contribution in [2.45, 2.75) is 16.1 Å². The van der Waals surface area contributed by atoms with Gasteiger partial charge in [0.1, 0.15) is 5.76 Å². The van der Waals surface area contributed by atoms with Crippen molar-refractivity contribution in [1.82, 2.24) is 10.2 Å². The lowest BCUT2D eigenvalue weighted by molar-refractivity contribution is -0.132. The first kappa shape index (κ1) is 26.1. The number of anilines is 1. The number of amides is 1. The molecule has 1 aliphatic heterocycles. The summed E-state index contributed by atoms with van der Waals surface area (Å²) < 4.78 is 2.22. The molecule has 0 spiro atoms. The number of aromatic nitrogens is 2. The molecule has 37 heavy (non-hydrogen) atoms. The molecule has 1 amide bonds. The van der Waals surface area contributed by atoms with Crippen LogP contribution in [0.4, 0.5) is 5.13 Å². The maximum absolute atomic E-state index is 13.3.